The first kappa shape index (κ1) is 12.7. The fourth-order valence-corrected chi connectivity index (χ4v) is 2.23. The zero-order valence-electron chi connectivity index (χ0n) is 9.17. The van der Waals surface area contributed by atoms with Gasteiger partial charge in [0, 0.05) is 12.1 Å². The Labute approximate surface area is 110 Å². The summed E-state index contributed by atoms with van der Waals surface area (Å²) in [4.78, 5) is 11.7. The second kappa shape index (κ2) is 4.86. The molecule has 0 heterocycles. The van der Waals surface area contributed by atoms with Gasteiger partial charge in [-0.2, -0.15) is 12.6 Å². The van der Waals surface area contributed by atoms with Gasteiger partial charge in [-0.05, 0) is 42.2 Å². The smallest absolute Gasteiger partial charge is 0.224 e. The number of rotatable bonds is 4. The lowest BCUT2D eigenvalue weighted by Gasteiger charge is -2.11. The molecule has 1 amide bonds. The van der Waals surface area contributed by atoms with E-state index in [0.29, 0.717) is 12.1 Å². The number of hydrogen-bond acceptors (Lipinski definition) is 2. The average Bonchev–Trinajstić information content (AvgIpc) is 3.04. The predicted octanol–water partition coefficient (Wildman–Crippen LogP) is 3.52. The van der Waals surface area contributed by atoms with Gasteiger partial charge >= 0.3 is 0 Å². The summed E-state index contributed by atoms with van der Waals surface area (Å²) in [7, 11) is 0. The van der Waals surface area contributed by atoms with E-state index < -0.39 is 5.82 Å². The maximum atomic E-state index is 13.2. The van der Waals surface area contributed by atoms with E-state index in [4.69, 9.17) is 11.6 Å². The molecule has 5 heteroatoms. The van der Waals surface area contributed by atoms with Gasteiger partial charge in [-0.25, -0.2) is 4.39 Å². The van der Waals surface area contributed by atoms with Crippen molar-refractivity contribution >= 4 is 35.8 Å². The normalized spacial score (nSPS) is 16.6. The number of nitrogens with one attached hydrogen (secondary N) is 1. The van der Waals surface area contributed by atoms with Gasteiger partial charge in [0.05, 0.1) is 5.02 Å². The van der Waals surface area contributed by atoms with Gasteiger partial charge in [0.25, 0.3) is 0 Å². The highest BCUT2D eigenvalue weighted by Crippen LogP contribution is 2.49. The molecule has 0 aromatic heterocycles. The van der Waals surface area contributed by atoms with E-state index in [1.54, 1.807) is 6.07 Å². The molecule has 0 radical (unpaired) electrons. The van der Waals surface area contributed by atoms with Gasteiger partial charge in [0.2, 0.25) is 5.91 Å². The Hall–Kier alpha value is -0.740. The van der Waals surface area contributed by atoms with Crippen LogP contribution in [-0.4, -0.2) is 11.7 Å². The Kier molecular flexibility index (Phi) is 3.64. The lowest BCUT2D eigenvalue weighted by molar-refractivity contribution is -0.117. The van der Waals surface area contributed by atoms with E-state index in [1.807, 2.05) is 0 Å². The Morgan fingerprint density at radius 3 is 2.76 bits per heavy atom. The molecule has 92 valence electrons. The lowest BCUT2D eigenvalue weighted by Crippen LogP contribution is -2.18. The molecule has 0 aliphatic heterocycles. The van der Waals surface area contributed by atoms with Crippen LogP contribution in [0.25, 0.3) is 0 Å². The maximum Gasteiger partial charge on any atom is 0.224 e. The summed E-state index contributed by atoms with van der Waals surface area (Å²) >= 11 is 9.80. The Balaban J connectivity index is 1.96. The first-order valence-corrected chi connectivity index (χ1v) is 6.41. The molecule has 2 nitrogen and oxygen atoms in total. The van der Waals surface area contributed by atoms with Gasteiger partial charge < -0.3 is 5.32 Å². The summed E-state index contributed by atoms with van der Waals surface area (Å²) in [5, 5.41) is 2.72. The van der Waals surface area contributed by atoms with Crippen LogP contribution in [0.2, 0.25) is 5.02 Å². The third kappa shape index (κ3) is 3.13. The molecular formula is C12H13ClFNOS. The van der Waals surface area contributed by atoms with Crippen molar-refractivity contribution in [1.82, 2.24) is 0 Å². The largest absolute Gasteiger partial charge is 0.326 e. The van der Waals surface area contributed by atoms with E-state index >= 15 is 0 Å². The molecule has 17 heavy (non-hydrogen) atoms. The van der Waals surface area contributed by atoms with Gasteiger partial charge in [-0.3, -0.25) is 4.79 Å². The molecule has 0 unspecified atom stereocenters. The van der Waals surface area contributed by atoms with Crippen molar-refractivity contribution in [3.8, 4) is 0 Å². The van der Waals surface area contributed by atoms with Crippen molar-refractivity contribution in [3.63, 3.8) is 0 Å². The van der Waals surface area contributed by atoms with Crippen molar-refractivity contribution in [3.05, 3.63) is 29.0 Å². The van der Waals surface area contributed by atoms with E-state index in [2.05, 4.69) is 17.9 Å². The SMILES string of the molecule is O=C(CC1(CS)CC1)Nc1ccc(Cl)c(F)c1. The second-order valence-corrected chi connectivity index (χ2v) is 5.24. The summed E-state index contributed by atoms with van der Waals surface area (Å²) in [6, 6.07) is 4.24. The number of amides is 1. The van der Waals surface area contributed by atoms with Gasteiger partial charge in [-0.1, -0.05) is 11.6 Å². The monoisotopic (exact) mass is 273 g/mol. The predicted molar refractivity (Wildman–Crippen MR) is 70.2 cm³/mol. The van der Waals surface area contributed by atoms with Crippen molar-refractivity contribution < 1.29 is 9.18 Å². The number of carbonyl (C=O) groups excluding carboxylic acids is 1. The standard InChI is InChI=1S/C12H13ClFNOS/c13-9-2-1-8(5-10(9)14)15-11(16)6-12(7-17)3-4-12/h1-2,5,17H,3-4,6-7H2,(H,15,16). The topological polar surface area (TPSA) is 29.1 Å². The molecule has 1 aromatic rings. The Bertz CT molecular complexity index is 448. The van der Waals surface area contributed by atoms with Crippen LogP contribution in [-0.2, 0) is 4.79 Å². The van der Waals surface area contributed by atoms with E-state index in [1.165, 1.54) is 12.1 Å². The molecule has 0 spiro atoms. The third-order valence-electron chi connectivity index (χ3n) is 3.03. The van der Waals surface area contributed by atoms with Crippen LogP contribution >= 0.6 is 24.2 Å². The number of hydrogen-bond donors (Lipinski definition) is 2. The van der Waals surface area contributed by atoms with Gasteiger partial charge in [0.15, 0.2) is 0 Å². The Morgan fingerprint density at radius 1 is 1.53 bits per heavy atom. The molecule has 1 N–H and O–H groups in total. The van der Waals surface area contributed by atoms with E-state index in [9.17, 15) is 9.18 Å². The molecule has 0 saturated heterocycles. The molecule has 1 aliphatic rings. The summed E-state index contributed by atoms with van der Waals surface area (Å²) in [5.41, 5.74) is 0.505. The zero-order chi connectivity index (χ0) is 12.5. The number of carbonyl (C=O) groups is 1. The first-order valence-electron chi connectivity index (χ1n) is 5.40. The van der Waals surface area contributed by atoms with Gasteiger partial charge in [0.1, 0.15) is 5.82 Å². The number of benzene rings is 1. The lowest BCUT2D eigenvalue weighted by atomic mass is 10.1. The highest BCUT2D eigenvalue weighted by Gasteiger charge is 2.42. The van der Waals surface area contributed by atoms with Crippen LogP contribution in [0.15, 0.2) is 18.2 Å². The zero-order valence-corrected chi connectivity index (χ0v) is 10.8. The van der Waals surface area contributed by atoms with Crippen LogP contribution in [0.5, 0.6) is 0 Å². The molecule has 1 aromatic carbocycles. The molecular weight excluding hydrogens is 261 g/mol. The maximum absolute atomic E-state index is 13.2. The summed E-state index contributed by atoms with van der Waals surface area (Å²) in [6.07, 6.45) is 2.53. The summed E-state index contributed by atoms with van der Waals surface area (Å²) in [6.45, 7) is 0. The van der Waals surface area contributed by atoms with E-state index in [0.717, 1.165) is 18.6 Å². The van der Waals surface area contributed by atoms with Crippen LogP contribution in [0.4, 0.5) is 10.1 Å². The van der Waals surface area contributed by atoms with Crippen molar-refractivity contribution in [1.29, 1.82) is 0 Å². The molecule has 0 atom stereocenters. The number of anilines is 1. The molecule has 2 rings (SSSR count). The quantitative estimate of drug-likeness (QED) is 0.808. The fraction of sp³-hybridized carbons (Fsp3) is 0.417. The van der Waals surface area contributed by atoms with Crippen LogP contribution in [0.1, 0.15) is 19.3 Å². The summed E-state index contributed by atoms with van der Waals surface area (Å²) in [5.74, 6) is 0.0909. The molecule has 1 fully saturated rings. The minimum absolute atomic E-state index is 0.0528. The number of thiol groups is 1. The van der Waals surface area contributed by atoms with Crippen LogP contribution in [0, 0.1) is 11.2 Å². The summed E-state index contributed by atoms with van der Waals surface area (Å²) < 4.78 is 13.2. The van der Waals surface area contributed by atoms with E-state index in [-0.39, 0.29) is 16.3 Å². The van der Waals surface area contributed by atoms with Crippen molar-refractivity contribution in [2.45, 2.75) is 19.3 Å². The molecule has 1 saturated carbocycles. The number of halogens is 2. The van der Waals surface area contributed by atoms with Crippen LogP contribution in [0.3, 0.4) is 0 Å². The fourth-order valence-electron chi connectivity index (χ4n) is 1.69. The average molecular weight is 274 g/mol. The highest BCUT2D eigenvalue weighted by atomic mass is 35.5. The second-order valence-electron chi connectivity index (χ2n) is 4.51. The van der Waals surface area contributed by atoms with Crippen molar-refractivity contribution in [2.24, 2.45) is 5.41 Å². The first-order chi connectivity index (χ1) is 8.04. The molecule has 1 aliphatic carbocycles. The molecule has 0 bridgehead atoms. The highest BCUT2D eigenvalue weighted by molar-refractivity contribution is 7.80. The Morgan fingerprint density at radius 2 is 2.24 bits per heavy atom. The minimum Gasteiger partial charge on any atom is -0.326 e. The minimum atomic E-state index is -0.528. The van der Waals surface area contributed by atoms with Gasteiger partial charge in [-0.15, -0.1) is 0 Å². The van der Waals surface area contributed by atoms with Crippen molar-refractivity contribution in [2.75, 3.05) is 11.1 Å². The third-order valence-corrected chi connectivity index (χ3v) is 4.01. The van der Waals surface area contributed by atoms with Crippen LogP contribution < -0.4 is 5.32 Å².